The molecule has 5 nitrogen and oxygen atoms in total. The molecule has 1 fully saturated rings. The van der Waals surface area contributed by atoms with E-state index in [0.717, 1.165) is 11.3 Å². The van der Waals surface area contributed by atoms with Crippen molar-refractivity contribution in [2.24, 2.45) is 0 Å². The molecule has 1 aliphatic heterocycles. The molecule has 174 valence electrons. The summed E-state index contributed by atoms with van der Waals surface area (Å²) in [5, 5.41) is 0.400. The van der Waals surface area contributed by atoms with Gasteiger partial charge >= 0.3 is 0 Å². The van der Waals surface area contributed by atoms with Gasteiger partial charge in [-0.25, -0.2) is 0 Å². The number of thiocarbonyl (C=S) groups is 1. The van der Waals surface area contributed by atoms with Crippen LogP contribution in [0.2, 0.25) is 5.02 Å². The van der Waals surface area contributed by atoms with E-state index in [1.807, 2.05) is 26.0 Å². The molecule has 0 N–H and O–H groups in total. The number of nitrogens with zero attached hydrogens (tertiary/aromatic N) is 1. The summed E-state index contributed by atoms with van der Waals surface area (Å²) in [6, 6.07) is 9.66. The molecule has 0 radical (unpaired) electrons. The average Bonchev–Trinajstić information content (AvgIpc) is 3.01. The van der Waals surface area contributed by atoms with E-state index >= 15 is 0 Å². The quantitative estimate of drug-likeness (QED) is 0.166. The van der Waals surface area contributed by atoms with Crippen molar-refractivity contribution in [2.75, 3.05) is 26.9 Å². The Morgan fingerprint density at radius 1 is 1.12 bits per heavy atom. The molecule has 1 saturated heterocycles. The maximum atomic E-state index is 12.6. The van der Waals surface area contributed by atoms with Crippen LogP contribution in [0.25, 0.3) is 6.08 Å². The first-order valence-corrected chi connectivity index (χ1v) is 12.0. The second-order valence-corrected chi connectivity index (χ2v) is 9.57. The van der Waals surface area contributed by atoms with Gasteiger partial charge in [0.1, 0.15) is 10.1 Å². The van der Waals surface area contributed by atoms with Crippen molar-refractivity contribution in [3.63, 3.8) is 0 Å². The van der Waals surface area contributed by atoms with Crippen molar-refractivity contribution < 1.29 is 19.0 Å². The van der Waals surface area contributed by atoms with E-state index in [0.29, 0.717) is 51.9 Å². The highest BCUT2D eigenvalue weighted by Gasteiger charge is 2.31. The van der Waals surface area contributed by atoms with Crippen LogP contribution in [0.4, 0.5) is 0 Å². The molecular weight excluding hydrogens is 478 g/mol. The Labute approximate surface area is 209 Å². The molecule has 1 aliphatic rings. The minimum absolute atomic E-state index is 0.149. The number of carbonyl (C=O) groups excluding carboxylic acids is 1. The highest BCUT2D eigenvalue weighted by molar-refractivity contribution is 8.26. The Balaban J connectivity index is 1.63. The Morgan fingerprint density at radius 3 is 2.48 bits per heavy atom. The van der Waals surface area contributed by atoms with Crippen LogP contribution in [0, 0.1) is 13.8 Å². The van der Waals surface area contributed by atoms with Crippen molar-refractivity contribution in [1.29, 1.82) is 0 Å². The fourth-order valence-electron chi connectivity index (χ4n) is 3.34. The van der Waals surface area contributed by atoms with Gasteiger partial charge in [0, 0.05) is 13.0 Å². The fraction of sp³-hybridized carbons (Fsp3) is 0.280. The van der Waals surface area contributed by atoms with Crippen LogP contribution in [0.15, 0.2) is 47.9 Å². The van der Waals surface area contributed by atoms with Crippen LogP contribution in [0.5, 0.6) is 17.2 Å². The monoisotopic (exact) mass is 503 g/mol. The number of ether oxygens (including phenoxy) is 3. The van der Waals surface area contributed by atoms with Gasteiger partial charge in [0.15, 0.2) is 11.5 Å². The standard InChI is InChI=1S/C25H26ClNO4S2/c1-5-7-27-24(28)22(33-25(27)32)15-18-13-20(26)23(21(14-18)29-4)31-9-6-8-30-19-11-16(2)10-17(3)12-19/h5,10-15H,1,6-9H2,2-4H3. The van der Waals surface area contributed by atoms with Crippen LogP contribution in [0.3, 0.4) is 0 Å². The first-order valence-electron chi connectivity index (χ1n) is 10.4. The second-order valence-electron chi connectivity index (χ2n) is 7.49. The summed E-state index contributed by atoms with van der Waals surface area (Å²) in [6.07, 6.45) is 4.07. The third kappa shape index (κ3) is 6.53. The maximum absolute atomic E-state index is 12.6. The van der Waals surface area contributed by atoms with Crippen LogP contribution >= 0.6 is 35.6 Å². The van der Waals surface area contributed by atoms with E-state index in [2.05, 4.69) is 12.6 Å². The molecule has 0 aliphatic carbocycles. The molecule has 0 aromatic heterocycles. The molecule has 0 bridgehead atoms. The smallest absolute Gasteiger partial charge is 0.266 e. The molecule has 3 rings (SSSR count). The van der Waals surface area contributed by atoms with Gasteiger partial charge in [-0.2, -0.15) is 0 Å². The summed E-state index contributed by atoms with van der Waals surface area (Å²) in [6.45, 7) is 9.08. The van der Waals surface area contributed by atoms with Crippen LogP contribution in [-0.2, 0) is 4.79 Å². The highest BCUT2D eigenvalue weighted by Crippen LogP contribution is 2.39. The first-order chi connectivity index (χ1) is 15.8. The summed E-state index contributed by atoms with van der Waals surface area (Å²) in [4.78, 5) is 14.6. The largest absolute Gasteiger partial charge is 0.493 e. The van der Waals surface area contributed by atoms with Gasteiger partial charge in [0.25, 0.3) is 5.91 Å². The molecule has 0 unspecified atom stereocenters. The van der Waals surface area contributed by atoms with Crippen molar-refractivity contribution in [1.82, 2.24) is 4.90 Å². The summed E-state index contributed by atoms with van der Waals surface area (Å²) >= 11 is 13.0. The van der Waals surface area contributed by atoms with Gasteiger partial charge in [-0.15, -0.1) is 6.58 Å². The number of hydrogen-bond donors (Lipinski definition) is 0. The number of thioether (sulfide) groups is 1. The highest BCUT2D eigenvalue weighted by atomic mass is 35.5. The number of benzene rings is 2. The van der Waals surface area contributed by atoms with Crippen molar-refractivity contribution in [2.45, 2.75) is 20.3 Å². The Morgan fingerprint density at radius 2 is 1.82 bits per heavy atom. The SMILES string of the molecule is C=CCN1C(=O)C(=Cc2cc(Cl)c(OCCCOc3cc(C)cc(C)c3)c(OC)c2)SC1=S. The van der Waals surface area contributed by atoms with E-state index in [1.54, 1.807) is 31.4 Å². The van der Waals surface area contributed by atoms with E-state index < -0.39 is 0 Å². The van der Waals surface area contributed by atoms with E-state index in [9.17, 15) is 4.79 Å². The Bertz CT molecular complexity index is 1080. The van der Waals surface area contributed by atoms with Gasteiger partial charge in [-0.3, -0.25) is 9.69 Å². The van der Waals surface area contributed by atoms with E-state index in [1.165, 1.54) is 27.8 Å². The number of hydrogen-bond acceptors (Lipinski definition) is 6. The lowest BCUT2D eigenvalue weighted by molar-refractivity contribution is -0.121. The van der Waals surface area contributed by atoms with Gasteiger partial charge in [0.2, 0.25) is 0 Å². The fourth-order valence-corrected chi connectivity index (χ4v) is 4.89. The zero-order valence-corrected chi connectivity index (χ0v) is 21.2. The van der Waals surface area contributed by atoms with Crippen LogP contribution < -0.4 is 14.2 Å². The predicted molar refractivity (Wildman–Crippen MR) is 140 cm³/mol. The number of aryl methyl sites for hydroxylation is 2. The summed E-state index contributed by atoms with van der Waals surface area (Å²) in [7, 11) is 1.55. The molecule has 1 heterocycles. The lowest BCUT2D eigenvalue weighted by atomic mass is 10.1. The molecule has 33 heavy (non-hydrogen) atoms. The minimum Gasteiger partial charge on any atom is -0.493 e. The van der Waals surface area contributed by atoms with Gasteiger partial charge in [-0.1, -0.05) is 47.7 Å². The molecule has 1 amide bonds. The maximum Gasteiger partial charge on any atom is 0.266 e. The number of methoxy groups -OCH3 is 1. The molecule has 0 saturated carbocycles. The number of carbonyl (C=O) groups is 1. The lowest BCUT2D eigenvalue weighted by Crippen LogP contribution is -2.27. The minimum atomic E-state index is -0.149. The summed E-state index contributed by atoms with van der Waals surface area (Å²) < 4.78 is 17.7. The van der Waals surface area contributed by atoms with Gasteiger partial charge in [-0.05, 0) is 60.9 Å². The zero-order valence-electron chi connectivity index (χ0n) is 18.9. The summed E-state index contributed by atoms with van der Waals surface area (Å²) in [5.41, 5.74) is 3.06. The Kier molecular flexibility index (Phi) is 8.83. The van der Waals surface area contributed by atoms with Crippen molar-refractivity contribution in [3.05, 3.63) is 69.6 Å². The normalized spacial score (nSPS) is 14.7. The van der Waals surface area contributed by atoms with Crippen LogP contribution in [-0.4, -0.2) is 42.0 Å². The molecule has 2 aromatic rings. The Hall–Kier alpha value is -2.48. The van der Waals surface area contributed by atoms with Gasteiger partial charge in [0.05, 0.1) is 30.3 Å². The van der Waals surface area contributed by atoms with Crippen LogP contribution in [0.1, 0.15) is 23.1 Å². The zero-order chi connectivity index (χ0) is 24.0. The predicted octanol–water partition coefficient (Wildman–Crippen LogP) is 6.20. The number of rotatable bonds is 10. The molecule has 0 atom stereocenters. The molecule has 8 heteroatoms. The molecule has 0 spiro atoms. The van der Waals surface area contributed by atoms with Crippen molar-refractivity contribution >= 4 is 51.9 Å². The lowest BCUT2D eigenvalue weighted by Gasteiger charge is -2.14. The molecule has 2 aromatic carbocycles. The van der Waals surface area contributed by atoms with Crippen molar-refractivity contribution in [3.8, 4) is 17.2 Å². The third-order valence-electron chi connectivity index (χ3n) is 4.73. The second kappa shape index (κ2) is 11.6. The first kappa shape index (κ1) is 25.1. The number of halogens is 1. The summed E-state index contributed by atoms with van der Waals surface area (Å²) in [5.74, 6) is 1.66. The van der Waals surface area contributed by atoms with Gasteiger partial charge < -0.3 is 14.2 Å². The number of amides is 1. The van der Waals surface area contributed by atoms with E-state index in [-0.39, 0.29) is 5.91 Å². The topological polar surface area (TPSA) is 48.0 Å². The third-order valence-corrected chi connectivity index (χ3v) is 6.39. The average molecular weight is 504 g/mol. The van der Waals surface area contributed by atoms with E-state index in [4.69, 9.17) is 38.0 Å². The molecular formula is C25H26ClNO4S2.